The molecule has 62 valence electrons. The lowest BCUT2D eigenvalue weighted by Gasteiger charge is -2.01. The van der Waals surface area contributed by atoms with Crippen molar-refractivity contribution in [3.63, 3.8) is 0 Å². The van der Waals surface area contributed by atoms with Gasteiger partial charge in [-0.25, -0.2) is 0 Å². The molecule has 0 aromatic heterocycles. The molecule has 0 aliphatic carbocycles. The predicted molar refractivity (Wildman–Crippen MR) is 53.6 cm³/mol. The van der Waals surface area contributed by atoms with Gasteiger partial charge < -0.3 is 0 Å². The Kier molecular flexibility index (Phi) is 3.47. The van der Waals surface area contributed by atoms with Crippen LogP contribution >= 0.6 is 23.2 Å². The summed E-state index contributed by atoms with van der Waals surface area (Å²) in [4.78, 5) is 0. The lowest BCUT2D eigenvalue weighted by Crippen LogP contribution is -1.84. The van der Waals surface area contributed by atoms with Crippen molar-refractivity contribution in [3.8, 4) is 12.3 Å². The number of rotatable bonds is 2. The highest BCUT2D eigenvalue weighted by Crippen LogP contribution is 2.21. The molecule has 0 saturated heterocycles. The Labute approximate surface area is 82.5 Å². The van der Waals surface area contributed by atoms with Crippen LogP contribution in [0.2, 0.25) is 10.0 Å². The third-order valence-corrected chi connectivity index (χ3v) is 2.15. The van der Waals surface area contributed by atoms with Crippen molar-refractivity contribution in [2.45, 2.75) is 12.8 Å². The highest BCUT2D eigenvalue weighted by atomic mass is 35.5. The fourth-order valence-corrected chi connectivity index (χ4v) is 1.35. The first-order valence-corrected chi connectivity index (χ1v) is 4.37. The molecule has 0 saturated carbocycles. The minimum absolute atomic E-state index is 0.695. The summed E-state index contributed by atoms with van der Waals surface area (Å²) in [7, 11) is 0. The highest BCUT2D eigenvalue weighted by Gasteiger charge is 1.99. The summed E-state index contributed by atoms with van der Waals surface area (Å²) in [6.07, 6.45) is 6.62. The Balaban J connectivity index is 2.84. The number of terminal acetylenes is 1. The smallest absolute Gasteiger partial charge is 0.0439 e. The van der Waals surface area contributed by atoms with E-state index in [2.05, 4.69) is 5.92 Å². The van der Waals surface area contributed by atoms with Crippen LogP contribution in [0.4, 0.5) is 0 Å². The minimum atomic E-state index is 0.695. The van der Waals surface area contributed by atoms with Crippen LogP contribution < -0.4 is 0 Å². The molecule has 0 fully saturated rings. The second-order valence-electron chi connectivity index (χ2n) is 2.44. The second-order valence-corrected chi connectivity index (χ2v) is 3.28. The van der Waals surface area contributed by atoms with Crippen molar-refractivity contribution in [1.29, 1.82) is 0 Å². The van der Waals surface area contributed by atoms with E-state index in [9.17, 15) is 0 Å². The fourth-order valence-electron chi connectivity index (χ4n) is 0.942. The van der Waals surface area contributed by atoms with Gasteiger partial charge in [0.15, 0.2) is 0 Å². The molecule has 0 spiro atoms. The average molecular weight is 199 g/mol. The van der Waals surface area contributed by atoms with E-state index < -0.39 is 0 Å². The predicted octanol–water partition coefficient (Wildman–Crippen LogP) is 3.56. The molecular weight excluding hydrogens is 191 g/mol. The van der Waals surface area contributed by atoms with Gasteiger partial charge in [-0.1, -0.05) is 23.2 Å². The molecular formula is C10H8Cl2. The Morgan fingerprint density at radius 3 is 2.75 bits per heavy atom. The van der Waals surface area contributed by atoms with Crippen LogP contribution in [0, 0.1) is 12.3 Å². The van der Waals surface area contributed by atoms with Crippen LogP contribution in [0.1, 0.15) is 12.0 Å². The summed E-state index contributed by atoms with van der Waals surface area (Å²) in [5.41, 5.74) is 1.02. The Morgan fingerprint density at radius 1 is 1.33 bits per heavy atom. The van der Waals surface area contributed by atoms with Gasteiger partial charge in [0.2, 0.25) is 0 Å². The van der Waals surface area contributed by atoms with Gasteiger partial charge in [0.1, 0.15) is 0 Å². The number of aryl methyl sites for hydroxylation is 1. The van der Waals surface area contributed by atoms with Crippen molar-refractivity contribution >= 4 is 23.2 Å². The van der Waals surface area contributed by atoms with E-state index in [1.54, 1.807) is 12.1 Å². The zero-order valence-electron chi connectivity index (χ0n) is 6.48. The van der Waals surface area contributed by atoms with Gasteiger partial charge in [-0.2, -0.15) is 0 Å². The van der Waals surface area contributed by atoms with Crippen molar-refractivity contribution < 1.29 is 0 Å². The van der Waals surface area contributed by atoms with E-state index in [1.807, 2.05) is 6.07 Å². The standard InChI is InChI=1S/C10H8Cl2/c1-2-3-4-8-7-9(11)5-6-10(8)12/h1,5-7H,3-4H2. The molecule has 1 aromatic carbocycles. The van der Waals surface area contributed by atoms with E-state index in [0.717, 1.165) is 17.0 Å². The number of hydrogen-bond donors (Lipinski definition) is 0. The molecule has 0 aliphatic rings. The summed E-state index contributed by atoms with van der Waals surface area (Å²) in [6.45, 7) is 0. The van der Waals surface area contributed by atoms with Gasteiger partial charge in [-0.3, -0.25) is 0 Å². The number of hydrogen-bond acceptors (Lipinski definition) is 0. The molecule has 0 amide bonds. The molecule has 0 heterocycles. The summed E-state index contributed by atoms with van der Waals surface area (Å²) in [6, 6.07) is 5.40. The summed E-state index contributed by atoms with van der Waals surface area (Å²) >= 11 is 11.7. The zero-order chi connectivity index (χ0) is 8.97. The third kappa shape index (κ3) is 2.44. The van der Waals surface area contributed by atoms with Crippen LogP contribution in [0.3, 0.4) is 0 Å². The average Bonchev–Trinajstić information content (AvgIpc) is 2.07. The monoisotopic (exact) mass is 198 g/mol. The molecule has 0 bridgehead atoms. The van der Waals surface area contributed by atoms with E-state index in [0.29, 0.717) is 11.4 Å². The van der Waals surface area contributed by atoms with Gasteiger partial charge in [0, 0.05) is 16.5 Å². The SMILES string of the molecule is C#CCCc1cc(Cl)ccc1Cl. The molecule has 0 atom stereocenters. The lowest BCUT2D eigenvalue weighted by atomic mass is 10.1. The molecule has 12 heavy (non-hydrogen) atoms. The first-order chi connectivity index (χ1) is 5.74. The van der Waals surface area contributed by atoms with Crippen LogP contribution in [-0.4, -0.2) is 0 Å². The highest BCUT2D eigenvalue weighted by molar-refractivity contribution is 6.33. The second kappa shape index (κ2) is 4.40. The van der Waals surface area contributed by atoms with E-state index in [1.165, 1.54) is 0 Å². The van der Waals surface area contributed by atoms with Crippen molar-refractivity contribution in [2.24, 2.45) is 0 Å². The summed E-state index contributed by atoms with van der Waals surface area (Å²) in [5, 5.41) is 1.43. The van der Waals surface area contributed by atoms with Crippen molar-refractivity contribution in [3.05, 3.63) is 33.8 Å². The largest absolute Gasteiger partial charge is 0.120 e. The maximum Gasteiger partial charge on any atom is 0.0439 e. The van der Waals surface area contributed by atoms with E-state index >= 15 is 0 Å². The van der Waals surface area contributed by atoms with Gasteiger partial charge in [0.05, 0.1) is 0 Å². The molecule has 0 nitrogen and oxygen atoms in total. The van der Waals surface area contributed by atoms with Crippen molar-refractivity contribution in [1.82, 2.24) is 0 Å². The van der Waals surface area contributed by atoms with Gasteiger partial charge in [0.25, 0.3) is 0 Å². The molecule has 0 unspecified atom stereocenters. The fraction of sp³-hybridized carbons (Fsp3) is 0.200. The van der Waals surface area contributed by atoms with Gasteiger partial charge >= 0.3 is 0 Å². The Bertz CT molecular complexity index is 310. The van der Waals surface area contributed by atoms with Gasteiger partial charge in [-0.15, -0.1) is 12.3 Å². The molecule has 0 radical (unpaired) electrons. The first-order valence-electron chi connectivity index (χ1n) is 3.61. The van der Waals surface area contributed by atoms with E-state index in [-0.39, 0.29) is 0 Å². The Morgan fingerprint density at radius 2 is 2.08 bits per heavy atom. The quantitative estimate of drug-likeness (QED) is 0.638. The molecule has 0 aliphatic heterocycles. The molecule has 1 rings (SSSR count). The normalized spacial score (nSPS) is 9.42. The van der Waals surface area contributed by atoms with Crippen LogP contribution in [0.5, 0.6) is 0 Å². The van der Waals surface area contributed by atoms with Gasteiger partial charge in [-0.05, 0) is 30.2 Å². The summed E-state index contributed by atoms with van der Waals surface area (Å²) in [5.74, 6) is 2.56. The first kappa shape index (κ1) is 9.45. The molecule has 0 N–H and O–H groups in total. The van der Waals surface area contributed by atoms with Crippen molar-refractivity contribution in [2.75, 3.05) is 0 Å². The number of halogens is 2. The lowest BCUT2D eigenvalue weighted by molar-refractivity contribution is 1.03. The maximum atomic E-state index is 5.90. The van der Waals surface area contributed by atoms with Crippen LogP contribution in [0.25, 0.3) is 0 Å². The summed E-state index contributed by atoms with van der Waals surface area (Å²) < 4.78 is 0. The van der Waals surface area contributed by atoms with Crippen LogP contribution in [0.15, 0.2) is 18.2 Å². The third-order valence-electron chi connectivity index (χ3n) is 1.55. The zero-order valence-corrected chi connectivity index (χ0v) is 7.99. The Hall–Kier alpha value is -0.640. The molecule has 1 aromatic rings. The van der Waals surface area contributed by atoms with Crippen LogP contribution in [-0.2, 0) is 6.42 Å². The molecule has 2 heteroatoms. The number of benzene rings is 1. The minimum Gasteiger partial charge on any atom is -0.120 e. The topological polar surface area (TPSA) is 0 Å². The van der Waals surface area contributed by atoms with E-state index in [4.69, 9.17) is 29.6 Å². The maximum absolute atomic E-state index is 5.90.